The molecule has 4 unspecified atom stereocenters. The van der Waals surface area contributed by atoms with Crippen LogP contribution in [-0.4, -0.2) is 24.4 Å². The predicted octanol–water partition coefficient (Wildman–Crippen LogP) is 0.0850. The van der Waals surface area contributed by atoms with E-state index < -0.39 is 10.0 Å². The van der Waals surface area contributed by atoms with E-state index in [1.54, 1.807) is 0 Å². The minimum Gasteiger partial charge on any atom is -0.292 e. The van der Waals surface area contributed by atoms with Gasteiger partial charge in [0.05, 0.1) is 12.4 Å². The summed E-state index contributed by atoms with van der Waals surface area (Å²) in [5, 5.41) is 0. The van der Waals surface area contributed by atoms with E-state index in [-0.39, 0.29) is 16.9 Å². The number of nitrogens with zero attached hydrogens (tertiary/aromatic N) is 2. The van der Waals surface area contributed by atoms with Crippen molar-refractivity contribution >= 4 is 16.0 Å². The zero-order valence-electron chi connectivity index (χ0n) is 10.9. The predicted molar refractivity (Wildman–Crippen MR) is 71.8 cm³/mol. The highest BCUT2D eigenvalue weighted by Gasteiger charge is 2.65. The number of anilines is 1. The Labute approximate surface area is 117 Å². The Morgan fingerprint density at radius 3 is 2.30 bits per heavy atom. The van der Waals surface area contributed by atoms with E-state index in [4.69, 9.17) is 5.84 Å². The number of nitrogens with two attached hydrogens (primary N) is 1. The monoisotopic (exact) mass is 295 g/mol. The van der Waals surface area contributed by atoms with Crippen molar-refractivity contribution in [2.45, 2.75) is 30.2 Å². The zero-order chi connectivity index (χ0) is 13.9. The summed E-state index contributed by atoms with van der Waals surface area (Å²) in [4.78, 5) is 7.77. The SMILES string of the molecule is NNc1ncc(S(=O)(=O)NC2C3C4CCC(C4)C23)cn1. The number of hydrogen-bond acceptors (Lipinski definition) is 6. The number of hydrogen-bond donors (Lipinski definition) is 3. The standard InChI is InChI=1S/C12H17N5O2S/c13-16-12-14-4-8(5-15-12)20(18,19)17-11-9-6-1-2-7(3-6)10(9)11/h4-7,9-11,17H,1-3,13H2,(H,14,15,16). The molecule has 3 aliphatic carbocycles. The Morgan fingerprint density at radius 1 is 1.15 bits per heavy atom. The fraction of sp³-hybridized carbons (Fsp3) is 0.667. The van der Waals surface area contributed by atoms with Gasteiger partial charge < -0.3 is 0 Å². The van der Waals surface area contributed by atoms with Gasteiger partial charge in [0.1, 0.15) is 4.90 Å². The fourth-order valence-corrected chi connectivity index (χ4v) is 5.45. The molecule has 108 valence electrons. The quantitative estimate of drug-likeness (QED) is 0.536. The number of nitrogens with one attached hydrogen (secondary N) is 2. The van der Waals surface area contributed by atoms with Crippen LogP contribution in [-0.2, 0) is 10.0 Å². The van der Waals surface area contributed by atoms with E-state index >= 15 is 0 Å². The summed E-state index contributed by atoms with van der Waals surface area (Å²) in [6.45, 7) is 0. The summed E-state index contributed by atoms with van der Waals surface area (Å²) in [6, 6.07) is 0.124. The molecular weight excluding hydrogens is 278 g/mol. The van der Waals surface area contributed by atoms with Crippen molar-refractivity contribution in [2.24, 2.45) is 29.5 Å². The lowest BCUT2D eigenvalue weighted by Crippen LogP contribution is -2.30. The Bertz CT molecular complexity index is 616. The fourth-order valence-electron chi connectivity index (χ4n) is 4.26. The molecule has 0 aromatic carbocycles. The van der Waals surface area contributed by atoms with Gasteiger partial charge >= 0.3 is 0 Å². The molecule has 0 radical (unpaired) electrons. The molecule has 8 heteroatoms. The van der Waals surface area contributed by atoms with Gasteiger partial charge in [-0.15, -0.1) is 0 Å². The van der Waals surface area contributed by atoms with Crippen molar-refractivity contribution < 1.29 is 8.42 Å². The second-order valence-corrected chi connectivity index (χ2v) is 7.74. The van der Waals surface area contributed by atoms with Gasteiger partial charge in [-0.05, 0) is 42.9 Å². The van der Waals surface area contributed by atoms with Crippen LogP contribution in [0.25, 0.3) is 0 Å². The van der Waals surface area contributed by atoms with Crippen molar-refractivity contribution in [3.63, 3.8) is 0 Å². The van der Waals surface area contributed by atoms with Crippen molar-refractivity contribution in [1.29, 1.82) is 0 Å². The molecule has 0 aliphatic heterocycles. The van der Waals surface area contributed by atoms with Crippen LogP contribution in [0.1, 0.15) is 19.3 Å². The number of sulfonamides is 1. The highest BCUT2D eigenvalue weighted by Crippen LogP contribution is 2.65. The molecule has 4 atom stereocenters. The van der Waals surface area contributed by atoms with Crippen molar-refractivity contribution in [2.75, 3.05) is 5.43 Å². The van der Waals surface area contributed by atoms with Crippen LogP contribution < -0.4 is 16.0 Å². The van der Waals surface area contributed by atoms with Crippen LogP contribution in [0.4, 0.5) is 5.95 Å². The minimum absolute atomic E-state index is 0.0915. The van der Waals surface area contributed by atoms with E-state index in [1.165, 1.54) is 31.7 Å². The minimum atomic E-state index is -3.53. The number of aromatic nitrogens is 2. The maximum absolute atomic E-state index is 12.3. The lowest BCUT2D eigenvalue weighted by atomic mass is 10.0. The smallest absolute Gasteiger partial charge is 0.243 e. The van der Waals surface area contributed by atoms with Crippen LogP contribution in [0.15, 0.2) is 17.3 Å². The van der Waals surface area contributed by atoms with Gasteiger partial charge in [0, 0.05) is 6.04 Å². The lowest BCUT2D eigenvalue weighted by molar-refractivity contribution is 0.456. The zero-order valence-corrected chi connectivity index (χ0v) is 11.7. The molecule has 4 rings (SSSR count). The molecular formula is C12H17N5O2S. The summed E-state index contributed by atoms with van der Waals surface area (Å²) in [5.41, 5.74) is 2.27. The maximum Gasteiger partial charge on any atom is 0.243 e. The third-order valence-electron chi connectivity index (χ3n) is 5.09. The van der Waals surface area contributed by atoms with Gasteiger partial charge in [0.2, 0.25) is 16.0 Å². The maximum atomic E-state index is 12.3. The summed E-state index contributed by atoms with van der Waals surface area (Å²) in [6.07, 6.45) is 6.39. The number of hydrazine groups is 1. The first-order chi connectivity index (χ1) is 9.60. The molecule has 0 amide bonds. The second-order valence-electron chi connectivity index (χ2n) is 6.02. The van der Waals surface area contributed by atoms with E-state index in [1.807, 2.05) is 0 Å². The Kier molecular flexibility index (Phi) is 2.57. The molecule has 1 heterocycles. The van der Waals surface area contributed by atoms with Crippen molar-refractivity contribution in [1.82, 2.24) is 14.7 Å². The second kappa shape index (κ2) is 4.12. The van der Waals surface area contributed by atoms with Crippen molar-refractivity contribution in [3.8, 4) is 0 Å². The highest BCUT2D eigenvalue weighted by molar-refractivity contribution is 7.89. The molecule has 3 fully saturated rings. The van der Waals surface area contributed by atoms with Gasteiger partial charge in [-0.1, -0.05) is 0 Å². The molecule has 7 nitrogen and oxygen atoms in total. The topological polar surface area (TPSA) is 110 Å². The van der Waals surface area contributed by atoms with E-state index in [0.717, 1.165) is 11.8 Å². The lowest BCUT2D eigenvalue weighted by Gasteiger charge is -2.11. The first-order valence-corrected chi connectivity index (χ1v) is 8.39. The van der Waals surface area contributed by atoms with Crippen LogP contribution in [0.5, 0.6) is 0 Å². The average Bonchev–Trinajstić information content (AvgIpc) is 2.86. The highest BCUT2D eigenvalue weighted by atomic mass is 32.2. The van der Waals surface area contributed by atoms with Gasteiger partial charge in [-0.25, -0.2) is 29.0 Å². The Morgan fingerprint density at radius 2 is 1.75 bits per heavy atom. The third kappa shape index (κ3) is 1.75. The van der Waals surface area contributed by atoms with E-state index in [9.17, 15) is 8.42 Å². The molecule has 1 aromatic rings. The first-order valence-electron chi connectivity index (χ1n) is 6.91. The summed E-state index contributed by atoms with van der Waals surface area (Å²) < 4.78 is 27.4. The van der Waals surface area contributed by atoms with Crippen LogP contribution >= 0.6 is 0 Å². The van der Waals surface area contributed by atoms with Gasteiger partial charge in [-0.3, -0.25) is 5.43 Å². The molecule has 20 heavy (non-hydrogen) atoms. The number of rotatable bonds is 4. The van der Waals surface area contributed by atoms with Crippen LogP contribution in [0.3, 0.4) is 0 Å². The average molecular weight is 295 g/mol. The summed E-state index contributed by atoms with van der Waals surface area (Å²) >= 11 is 0. The molecule has 3 saturated carbocycles. The molecule has 0 saturated heterocycles. The van der Waals surface area contributed by atoms with Crippen molar-refractivity contribution in [3.05, 3.63) is 12.4 Å². The summed E-state index contributed by atoms with van der Waals surface area (Å²) in [7, 11) is -3.53. The Hall–Kier alpha value is -1.25. The van der Waals surface area contributed by atoms with Gasteiger partial charge in [0.25, 0.3) is 0 Å². The molecule has 1 aromatic heterocycles. The van der Waals surface area contributed by atoms with Crippen LogP contribution in [0.2, 0.25) is 0 Å². The largest absolute Gasteiger partial charge is 0.292 e. The summed E-state index contributed by atoms with van der Waals surface area (Å²) in [5.74, 6) is 7.96. The van der Waals surface area contributed by atoms with Gasteiger partial charge in [0.15, 0.2) is 0 Å². The molecule has 2 bridgehead atoms. The number of nitrogen functional groups attached to an aromatic ring is 1. The number of fused-ring (bicyclic) bond motifs is 5. The van der Waals surface area contributed by atoms with E-state index in [0.29, 0.717) is 11.8 Å². The third-order valence-corrected chi connectivity index (χ3v) is 6.51. The molecule has 3 aliphatic rings. The molecule has 0 spiro atoms. The van der Waals surface area contributed by atoms with Crippen LogP contribution in [0, 0.1) is 23.7 Å². The first kappa shape index (κ1) is 12.5. The normalized spacial score (nSPS) is 37.8. The van der Waals surface area contributed by atoms with E-state index in [2.05, 4.69) is 20.1 Å². The Balaban J connectivity index is 1.50. The van der Waals surface area contributed by atoms with Gasteiger partial charge in [-0.2, -0.15) is 0 Å². The molecule has 4 N–H and O–H groups in total.